The van der Waals surface area contributed by atoms with Crippen molar-refractivity contribution in [1.29, 1.82) is 0 Å². The van der Waals surface area contributed by atoms with Crippen molar-refractivity contribution in [3.05, 3.63) is 29.8 Å². The number of benzene rings is 1. The monoisotopic (exact) mass is 410 g/mol. The summed E-state index contributed by atoms with van der Waals surface area (Å²) in [6, 6.07) is 7.72. The van der Waals surface area contributed by atoms with Gasteiger partial charge in [-0.15, -0.1) is 0 Å². The van der Waals surface area contributed by atoms with Crippen molar-refractivity contribution >= 4 is 8.32 Å². The Balaban J connectivity index is 1.72. The molecule has 0 saturated carbocycles. The van der Waals surface area contributed by atoms with Crippen molar-refractivity contribution in [2.45, 2.75) is 76.0 Å². The van der Waals surface area contributed by atoms with Crippen molar-refractivity contribution in [3.63, 3.8) is 0 Å². The Morgan fingerprint density at radius 1 is 1.07 bits per heavy atom. The van der Waals surface area contributed by atoms with Gasteiger partial charge in [-0.1, -0.05) is 32.9 Å². The highest BCUT2D eigenvalue weighted by Gasteiger charge is 2.47. The van der Waals surface area contributed by atoms with Gasteiger partial charge in [-0.2, -0.15) is 0 Å². The predicted molar refractivity (Wildman–Crippen MR) is 109 cm³/mol. The van der Waals surface area contributed by atoms with Crippen LogP contribution in [0.3, 0.4) is 0 Å². The molecule has 7 heteroatoms. The molecule has 3 rings (SSSR count). The molecule has 158 valence electrons. The van der Waals surface area contributed by atoms with Crippen LogP contribution in [0.15, 0.2) is 24.3 Å². The lowest BCUT2D eigenvalue weighted by atomic mass is 10.1. The van der Waals surface area contributed by atoms with Crippen molar-refractivity contribution < 1.29 is 28.5 Å². The number of hydrogen-bond donors (Lipinski definition) is 1. The molecular weight excluding hydrogens is 376 g/mol. The van der Waals surface area contributed by atoms with Crippen LogP contribution in [0.25, 0.3) is 0 Å². The largest absolute Gasteiger partial charge is 0.497 e. The van der Waals surface area contributed by atoms with Gasteiger partial charge < -0.3 is 28.5 Å². The zero-order chi connectivity index (χ0) is 20.5. The minimum Gasteiger partial charge on any atom is -0.497 e. The highest BCUT2D eigenvalue weighted by atomic mass is 28.4. The molecule has 1 aromatic rings. The summed E-state index contributed by atoms with van der Waals surface area (Å²) in [6.07, 6.45) is -0.0907. The van der Waals surface area contributed by atoms with Crippen LogP contribution in [0.2, 0.25) is 18.1 Å². The van der Waals surface area contributed by atoms with Crippen LogP contribution in [0.4, 0.5) is 0 Å². The Bertz CT molecular complexity index is 641. The number of hydrogen-bond acceptors (Lipinski definition) is 6. The highest BCUT2D eigenvalue weighted by Crippen LogP contribution is 2.41. The number of rotatable bonds is 7. The fourth-order valence-corrected chi connectivity index (χ4v) is 4.49. The standard InChI is InChI=1S/C21H34O6Si/c1-21(2,3)28(5,6)27-19-13-24-20(14-7-9-15(23-4)10-8-14)26-17(19)11-16-18(12-22)25-16/h7-10,16-20,22H,11-13H2,1-6H3/t16-,17+,18-,19-,20-/m1/s1. The summed E-state index contributed by atoms with van der Waals surface area (Å²) >= 11 is 0. The molecule has 2 saturated heterocycles. The average molecular weight is 411 g/mol. The van der Waals surface area contributed by atoms with E-state index < -0.39 is 14.6 Å². The van der Waals surface area contributed by atoms with Crippen LogP contribution in [0.1, 0.15) is 39.0 Å². The topological polar surface area (TPSA) is 69.7 Å². The molecule has 28 heavy (non-hydrogen) atoms. The third kappa shape index (κ3) is 4.95. The molecule has 0 amide bonds. The average Bonchev–Trinajstić information content (AvgIpc) is 3.40. The molecule has 2 fully saturated rings. The molecule has 2 aliphatic rings. The molecule has 1 N–H and O–H groups in total. The van der Waals surface area contributed by atoms with Gasteiger partial charge in [-0.05, 0) is 30.3 Å². The van der Waals surface area contributed by atoms with Crippen molar-refractivity contribution in [3.8, 4) is 5.75 Å². The van der Waals surface area contributed by atoms with Gasteiger partial charge in [0.2, 0.25) is 0 Å². The van der Waals surface area contributed by atoms with E-state index in [2.05, 4.69) is 33.9 Å². The first-order chi connectivity index (χ1) is 13.1. The van der Waals surface area contributed by atoms with Crippen LogP contribution >= 0.6 is 0 Å². The van der Waals surface area contributed by atoms with Crippen LogP contribution in [-0.4, -0.2) is 58.2 Å². The van der Waals surface area contributed by atoms with Gasteiger partial charge in [-0.3, -0.25) is 0 Å². The molecule has 0 unspecified atom stereocenters. The number of aliphatic hydroxyl groups is 1. The van der Waals surface area contributed by atoms with Crippen molar-refractivity contribution in [2.24, 2.45) is 0 Å². The maximum atomic E-state index is 9.32. The van der Waals surface area contributed by atoms with Crippen LogP contribution in [-0.2, 0) is 18.6 Å². The van der Waals surface area contributed by atoms with E-state index >= 15 is 0 Å². The Labute approximate surface area is 169 Å². The zero-order valence-corrected chi connectivity index (χ0v) is 18.8. The molecule has 0 aliphatic carbocycles. The summed E-state index contributed by atoms with van der Waals surface area (Å²) in [4.78, 5) is 0. The first-order valence-corrected chi connectivity index (χ1v) is 12.9. The summed E-state index contributed by atoms with van der Waals surface area (Å²) in [5.41, 5.74) is 0.951. The van der Waals surface area contributed by atoms with Crippen molar-refractivity contribution in [1.82, 2.24) is 0 Å². The van der Waals surface area contributed by atoms with E-state index in [0.717, 1.165) is 11.3 Å². The van der Waals surface area contributed by atoms with Gasteiger partial charge in [0.15, 0.2) is 14.6 Å². The van der Waals surface area contributed by atoms with Crippen LogP contribution in [0, 0.1) is 0 Å². The lowest BCUT2D eigenvalue weighted by molar-refractivity contribution is -0.255. The molecule has 0 radical (unpaired) electrons. The summed E-state index contributed by atoms with van der Waals surface area (Å²) in [7, 11) is -0.323. The second-order valence-electron chi connectivity index (χ2n) is 9.16. The van der Waals surface area contributed by atoms with Gasteiger partial charge in [-0.25, -0.2) is 0 Å². The Morgan fingerprint density at radius 3 is 2.29 bits per heavy atom. The highest BCUT2D eigenvalue weighted by molar-refractivity contribution is 6.74. The third-order valence-corrected chi connectivity index (χ3v) is 10.6. The van der Waals surface area contributed by atoms with Crippen LogP contribution in [0.5, 0.6) is 5.75 Å². The minimum atomic E-state index is -1.97. The number of methoxy groups -OCH3 is 1. The zero-order valence-electron chi connectivity index (χ0n) is 17.8. The van der Waals surface area contributed by atoms with Gasteiger partial charge >= 0.3 is 0 Å². The molecule has 0 bridgehead atoms. The maximum Gasteiger partial charge on any atom is 0.192 e. The summed E-state index contributed by atoms with van der Waals surface area (Å²) in [6.45, 7) is 11.7. The second-order valence-corrected chi connectivity index (χ2v) is 13.9. The molecule has 0 spiro atoms. The molecule has 1 aromatic carbocycles. The van der Waals surface area contributed by atoms with E-state index in [-0.39, 0.29) is 36.1 Å². The Morgan fingerprint density at radius 2 is 1.75 bits per heavy atom. The van der Waals surface area contributed by atoms with Gasteiger partial charge in [0.05, 0.1) is 38.6 Å². The third-order valence-electron chi connectivity index (χ3n) is 6.10. The molecule has 0 aromatic heterocycles. The minimum absolute atomic E-state index is 0.0233. The van der Waals surface area contributed by atoms with Crippen LogP contribution < -0.4 is 4.74 Å². The normalized spacial score (nSPS) is 30.9. The fourth-order valence-electron chi connectivity index (χ4n) is 3.16. The first-order valence-electron chi connectivity index (χ1n) is 10.00. The molecule has 2 heterocycles. The Hall–Kier alpha value is -0.963. The lowest BCUT2D eigenvalue weighted by Crippen LogP contribution is -2.52. The van der Waals surface area contributed by atoms with E-state index in [1.54, 1.807) is 7.11 Å². The van der Waals surface area contributed by atoms with Gasteiger partial charge in [0.25, 0.3) is 0 Å². The van der Waals surface area contributed by atoms with E-state index in [1.165, 1.54) is 0 Å². The second kappa shape index (κ2) is 8.42. The summed E-state index contributed by atoms with van der Waals surface area (Å²) < 4.78 is 29.8. The Kier molecular flexibility index (Phi) is 6.53. The fraction of sp³-hybridized carbons (Fsp3) is 0.714. The predicted octanol–water partition coefficient (Wildman–Crippen LogP) is 3.65. The smallest absolute Gasteiger partial charge is 0.192 e. The SMILES string of the molecule is COc1ccc([C@@H]2OC[C@@H](O[Si](C)(C)C(C)(C)C)[C@H](C[C@H]3O[C@@H]3CO)O2)cc1. The maximum absolute atomic E-state index is 9.32. The summed E-state index contributed by atoms with van der Waals surface area (Å²) in [5.74, 6) is 0.799. The number of ether oxygens (including phenoxy) is 4. The molecular formula is C21H34O6Si. The van der Waals surface area contributed by atoms with E-state index in [9.17, 15) is 5.11 Å². The number of epoxide rings is 1. The number of aliphatic hydroxyl groups excluding tert-OH is 1. The van der Waals surface area contributed by atoms with E-state index in [0.29, 0.717) is 13.0 Å². The first kappa shape index (κ1) is 21.7. The van der Waals surface area contributed by atoms with Gasteiger partial charge in [0.1, 0.15) is 11.9 Å². The lowest BCUT2D eigenvalue weighted by Gasteiger charge is -2.44. The molecule has 5 atom stereocenters. The van der Waals surface area contributed by atoms with Crippen molar-refractivity contribution in [2.75, 3.05) is 20.3 Å². The van der Waals surface area contributed by atoms with E-state index in [4.69, 9.17) is 23.4 Å². The van der Waals surface area contributed by atoms with Gasteiger partial charge in [0, 0.05) is 12.0 Å². The molecule has 2 aliphatic heterocycles. The van der Waals surface area contributed by atoms with E-state index in [1.807, 2.05) is 24.3 Å². The quantitative estimate of drug-likeness (QED) is 0.547. The molecule has 6 nitrogen and oxygen atoms in total. The summed E-state index contributed by atoms with van der Waals surface area (Å²) in [5, 5.41) is 9.42.